The molecule has 1 aromatic heterocycles. The molecule has 144 valence electrons. The van der Waals surface area contributed by atoms with Gasteiger partial charge in [0.15, 0.2) is 0 Å². The summed E-state index contributed by atoms with van der Waals surface area (Å²) in [5, 5.41) is 2.80. The summed E-state index contributed by atoms with van der Waals surface area (Å²) in [5.41, 5.74) is 0.910. The minimum Gasteiger partial charge on any atom is -0.497 e. The highest BCUT2D eigenvalue weighted by atomic mass is 16.5. The zero-order valence-corrected chi connectivity index (χ0v) is 15.6. The van der Waals surface area contributed by atoms with Gasteiger partial charge in [-0.15, -0.1) is 0 Å². The highest BCUT2D eigenvalue weighted by Gasteiger charge is 2.20. The lowest BCUT2D eigenvalue weighted by molar-refractivity contribution is -0.116. The molecule has 1 aliphatic rings. The van der Waals surface area contributed by atoms with Crippen LogP contribution in [0, 0.1) is 0 Å². The average Bonchev–Trinajstić information content (AvgIpc) is 3.18. The van der Waals surface area contributed by atoms with E-state index in [1.54, 1.807) is 38.5 Å². The minimum absolute atomic E-state index is 0.109. The molecule has 1 saturated heterocycles. The van der Waals surface area contributed by atoms with Crippen LogP contribution in [0.1, 0.15) is 18.5 Å². The van der Waals surface area contributed by atoms with Crippen molar-refractivity contribution in [2.24, 2.45) is 0 Å². The lowest BCUT2D eigenvalue weighted by Crippen LogP contribution is -2.34. The van der Waals surface area contributed by atoms with E-state index in [1.165, 1.54) is 10.6 Å². The number of benzene rings is 1. The molecule has 0 spiro atoms. The van der Waals surface area contributed by atoms with Gasteiger partial charge in [-0.05, 0) is 25.0 Å². The Morgan fingerprint density at radius 2 is 2.00 bits per heavy atom. The van der Waals surface area contributed by atoms with Crippen LogP contribution in [0.5, 0.6) is 5.75 Å². The number of methoxy groups -OCH3 is 2. The number of ether oxygens (including phenoxy) is 2. The molecule has 8 nitrogen and oxygen atoms in total. The largest absolute Gasteiger partial charge is 0.497 e. The zero-order chi connectivity index (χ0) is 19.2. The molecule has 8 heteroatoms. The van der Waals surface area contributed by atoms with Crippen LogP contribution in [0.25, 0.3) is 0 Å². The fourth-order valence-electron chi connectivity index (χ4n) is 3.11. The Morgan fingerprint density at radius 1 is 1.22 bits per heavy atom. The van der Waals surface area contributed by atoms with Crippen molar-refractivity contribution in [3.63, 3.8) is 0 Å². The lowest BCUT2D eigenvalue weighted by Gasteiger charge is -2.21. The van der Waals surface area contributed by atoms with Crippen LogP contribution in [0.15, 0.2) is 35.1 Å². The highest BCUT2D eigenvalue weighted by molar-refractivity contribution is 5.90. The van der Waals surface area contributed by atoms with E-state index in [0.717, 1.165) is 25.9 Å². The molecule has 1 N–H and O–H groups in total. The summed E-state index contributed by atoms with van der Waals surface area (Å²) in [6.07, 6.45) is 2.08. The van der Waals surface area contributed by atoms with Gasteiger partial charge in [0.2, 0.25) is 11.9 Å². The van der Waals surface area contributed by atoms with Crippen molar-refractivity contribution >= 4 is 17.5 Å². The molecule has 0 aliphatic carbocycles. The Labute approximate surface area is 157 Å². The Balaban J connectivity index is 1.83. The Bertz CT molecular complexity index is 859. The second-order valence-electron chi connectivity index (χ2n) is 6.38. The van der Waals surface area contributed by atoms with Crippen LogP contribution >= 0.6 is 0 Å². The number of rotatable bonds is 7. The molecule has 27 heavy (non-hydrogen) atoms. The summed E-state index contributed by atoms with van der Waals surface area (Å²) in [5.74, 6) is 0.869. The van der Waals surface area contributed by atoms with Gasteiger partial charge in [-0.25, -0.2) is 4.98 Å². The lowest BCUT2D eigenvalue weighted by atomic mass is 10.3. The van der Waals surface area contributed by atoms with Gasteiger partial charge in [0, 0.05) is 38.0 Å². The number of carbonyl (C=O) groups is 1. The standard InChI is InChI=1S/C19H24N4O4/c1-26-13-15-11-18(25)23(19(21-15)22-8-3-4-9-22)12-17(24)20-14-6-5-7-16(10-14)27-2/h5-7,10-11H,3-4,8-9,12-13H2,1-2H3,(H,20,24). The van der Waals surface area contributed by atoms with E-state index in [1.807, 2.05) is 4.90 Å². The molecule has 0 atom stereocenters. The zero-order valence-electron chi connectivity index (χ0n) is 15.6. The molecule has 0 radical (unpaired) electrons. The highest BCUT2D eigenvalue weighted by Crippen LogP contribution is 2.19. The summed E-state index contributed by atoms with van der Waals surface area (Å²) in [6, 6.07) is 8.50. The third-order valence-corrected chi connectivity index (χ3v) is 4.38. The molecule has 1 fully saturated rings. The second kappa shape index (κ2) is 8.68. The van der Waals surface area contributed by atoms with Crippen LogP contribution in [-0.4, -0.2) is 42.8 Å². The topological polar surface area (TPSA) is 85.7 Å². The quantitative estimate of drug-likeness (QED) is 0.795. The van der Waals surface area contributed by atoms with Crippen LogP contribution in [0.3, 0.4) is 0 Å². The Morgan fingerprint density at radius 3 is 2.70 bits per heavy atom. The molecule has 1 aliphatic heterocycles. The number of aromatic nitrogens is 2. The molecule has 1 amide bonds. The summed E-state index contributed by atoms with van der Waals surface area (Å²) in [4.78, 5) is 31.7. The van der Waals surface area contributed by atoms with Crippen molar-refractivity contribution in [3.8, 4) is 5.75 Å². The predicted molar refractivity (Wildman–Crippen MR) is 102 cm³/mol. The van der Waals surface area contributed by atoms with Crippen molar-refractivity contribution < 1.29 is 14.3 Å². The summed E-state index contributed by atoms with van der Waals surface area (Å²) < 4.78 is 11.7. The maximum absolute atomic E-state index is 12.6. The summed E-state index contributed by atoms with van der Waals surface area (Å²) in [6.45, 7) is 1.79. The normalized spacial score (nSPS) is 13.6. The number of hydrogen-bond donors (Lipinski definition) is 1. The summed E-state index contributed by atoms with van der Waals surface area (Å²) in [7, 11) is 3.13. The van der Waals surface area contributed by atoms with E-state index in [9.17, 15) is 9.59 Å². The summed E-state index contributed by atoms with van der Waals surface area (Å²) >= 11 is 0. The van der Waals surface area contributed by atoms with E-state index in [2.05, 4.69) is 10.3 Å². The molecule has 3 rings (SSSR count). The van der Waals surface area contributed by atoms with Gasteiger partial charge in [-0.1, -0.05) is 6.07 Å². The number of hydrogen-bond acceptors (Lipinski definition) is 6. The third-order valence-electron chi connectivity index (χ3n) is 4.38. The fraction of sp³-hybridized carbons (Fsp3) is 0.421. The van der Waals surface area contributed by atoms with Gasteiger partial charge < -0.3 is 19.7 Å². The van der Waals surface area contributed by atoms with Gasteiger partial charge in [0.05, 0.1) is 19.4 Å². The van der Waals surface area contributed by atoms with Crippen LogP contribution < -0.4 is 20.5 Å². The van der Waals surface area contributed by atoms with E-state index in [4.69, 9.17) is 9.47 Å². The van der Waals surface area contributed by atoms with Crippen molar-refractivity contribution in [1.82, 2.24) is 9.55 Å². The van der Waals surface area contributed by atoms with Crippen LogP contribution in [0.4, 0.5) is 11.6 Å². The third kappa shape index (κ3) is 4.65. The molecule has 0 unspecified atom stereocenters. The number of anilines is 2. The maximum Gasteiger partial charge on any atom is 0.255 e. The van der Waals surface area contributed by atoms with Crippen molar-refractivity contribution in [2.75, 3.05) is 37.5 Å². The first-order valence-corrected chi connectivity index (χ1v) is 8.89. The first kappa shape index (κ1) is 18.9. The van der Waals surface area contributed by atoms with Crippen molar-refractivity contribution in [2.45, 2.75) is 26.0 Å². The molecule has 0 saturated carbocycles. The van der Waals surface area contributed by atoms with Gasteiger partial charge in [-0.2, -0.15) is 0 Å². The molecular formula is C19H24N4O4. The molecule has 2 heterocycles. The van der Waals surface area contributed by atoms with Gasteiger partial charge in [-0.3, -0.25) is 14.2 Å². The van der Waals surface area contributed by atoms with Gasteiger partial charge in [0.1, 0.15) is 12.3 Å². The van der Waals surface area contributed by atoms with E-state index >= 15 is 0 Å². The van der Waals surface area contributed by atoms with Crippen LogP contribution in [-0.2, 0) is 22.7 Å². The first-order chi connectivity index (χ1) is 13.1. The molecular weight excluding hydrogens is 348 g/mol. The number of nitrogens with zero attached hydrogens (tertiary/aromatic N) is 3. The smallest absolute Gasteiger partial charge is 0.255 e. The van der Waals surface area contributed by atoms with E-state index in [0.29, 0.717) is 23.1 Å². The average molecular weight is 372 g/mol. The van der Waals surface area contributed by atoms with E-state index < -0.39 is 0 Å². The molecule has 0 bridgehead atoms. The Hall–Kier alpha value is -2.87. The predicted octanol–water partition coefficient (Wildman–Crippen LogP) is 1.64. The number of nitrogens with one attached hydrogen (secondary N) is 1. The monoisotopic (exact) mass is 372 g/mol. The molecule has 2 aromatic rings. The van der Waals surface area contributed by atoms with Crippen molar-refractivity contribution in [1.29, 1.82) is 0 Å². The maximum atomic E-state index is 12.6. The van der Waals surface area contributed by atoms with Crippen molar-refractivity contribution in [3.05, 3.63) is 46.4 Å². The van der Waals surface area contributed by atoms with Gasteiger partial charge in [0.25, 0.3) is 5.56 Å². The first-order valence-electron chi connectivity index (χ1n) is 8.89. The number of carbonyl (C=O) groups excluding carboxylic acids is 1. The SMILES string of the molecule is COCc1cc(=O)n(CC(=O)Nc2cccc(OC)c2)c(N2CCCC2)n1. The minimum atomic E-state index is -0.299. The van der Waals surface area contributed by atoms with E-state index in [-0.39, 0.29) is 24.6 Å². The molecule has 1 aromatic carbocycles. The van der Waals surface area contributed by atoms with Crippen LogP contribution in [0.2, 0.25) is 0 Å². The fourth-order valence-corrected chi connectivity index (χ4v) is 3.11. The van der Waals surface area contributed by atoms with Gasteiger partial charge >= 0.3 is 0 Å². The second-order valence-corrected chi connectivity index (χ2v) is 6.38. The number of amides is 1. The Kier molecular flexibility index (Phi) is 6.08.